The van der Waals surface area contributed by atoms with Gasteiger partial charge in [-0.25, -0.2) is 0 Å². The zero-order valence-electron chi connectivity index (χ0n) is 39.6. The van der Waals surface area contributed by atoms with Crippen molar-refractivity contribution in [2.75, 3.05) is 4.90 Å². The van der Waals surface area contributed by atoms with Gasteiger partial charge in [0.1, 0.15) is 0 Å². The van der Waals surface area contributed by atoms with Crippen molar-refractivity contribution in [3.8, 4) is 72.4 Å². The maximum Gasteiger partial charge on any atom is 0.0547 e. The number of aromatic nitrogens is 1. The molecule has 0 fully saturated rings. The van der Waals surface area contributed by atoms with Crippen LogP contribution in [0.15, 0.2) is 291 Å². The lowest BCUT2D eigenvalue weighted by molar-refractivity contribution is 1.18. The predicted octanol–water partition coefficient (Wildman–Crippen LogP) is 19.4. The second-order valence-corrected chi connectivity index (χ2v) is 18.5. The van der Waals surface area contributed by atoms with E-state index in [1.54, 1.807) is 0 Å². The first kappa shape index (κ1) is 42.6. The third-order valence-electron chi connectivity index (χ3n) is 14.1. The highest BCUT2D eigenvalue weighted by Gasteiger charge is 2.21. The van der Waals surface area contributed by atoms with Gasteiger partial charge in [0, 0.05) is 33.5 Å². The van der Waals surface area contributed by atoms with Crippen molar-refractivity contribution in [1.29, 1.82) is 0 Å². The normalized spacial score (nSPS) is 11.3. The fourth-order valence-corrected chi connectivity index (χ4v) is 10.7. The van der Waals surface area contributed by atoms with E-state index in [4.69, 9.17) is 0 Å². The first-order chi connectivity index (χ1) is 35.7. The Morgan fingerprint density at radius 2 is 0.667 bits per heavy atom. The van der Waals surface area contributed by atoms with Crippen LogP contribution < -0.4 is 4.90 Å². The Balaban J connectivity index is 1.01. The number of benzene rings is 12. The lowest BCUT2D eigenvalue weighted by Crippen LogP contribution is -2.10. The van der Waals surface area contributed by atoms with Gasteiger partial charge in [-0.2, -0.15) is 0 Å². The Kier molecular flexibility index (Phi) is 10.9. The summed E-state index contributed by atoms with van der Waals surface area (Å²) < 4.78 is 2.43. The van der Waals surface area contributed by atoms with Crippen molar-refractivity contribution < 1.29 is 0 Å². The van der Waals surface area contributed by atoms with E-state index in [1.165, 1.54) is 77.1 Å². The van der Waals surface area contributed by atoms with Crippen LogP contribution in [0, 0.1) is 0 Å². The van der Waals surface area contributed by atoms with Gasteiger partial charge in [0.2, 0.25) is 0 Å². The number of rotatable bonds is 10. The van der Waals surface area contributed by atoms with E-state index in [2.05, 4.69) is 301 Å². The molecule has 0 N–H and O–H groups in total. The molecule has 0 saturated carbocycles. The summed E-state index contributed by atoms with van der Waals surface area (Å²) in [6.07, 6.45) is 0. The van der Waals surface area contributed by atoms with E-state index in [0.29, 0.717) is 0 Å². The lowest BCUT2D eigenvalue weighted by atomic mass is 9.93. The van der Waals surface area contributed by atoms with Crippen molar-refractivity contribution in [3.63, 3.8) is 0 Å². The van der Waals surface area contributed by atoms with Crippen LogP contribution in [-0.4, -0.2) is 4.57 Å². The standard InChI is InChI=1S/C70H48N2/c1-6-20-49(21-7-1)56-42-57(50-22-8-2-9-23-50)44-58(43-56)53-36-39-62(40-37-53)71(64-47-59(51-24-10-3-11-25-51)45-60(48-64)52-26-12-4-13-27-52)63-32-18-29-55(46-63)66-34-19-35-67-70(66)69-65-33-17-16-28-54(65)38-41-68(69)72(67)61-30-14-5-15-31-61/h1-48H. The van der Waals surface area contributed by atoms with Gasteiger partial charge in [-0.15, -0.1) is 0 Å². The lowest BCUT2D eigenvalue weighted by Gasteiger charge is -2.28. The molecule has 0 aliphatic carbocycles. The third-order valence-corrected chi connectivity index (χ3v) is 14.1. The summed E-state index contributed by atoms with van der Waals surface area (Å²) in [6, 6.07) is 106. The molecular formula is C70H48N2. The summed E-state index contributed by atoms with van der Waals surface area (Å²) in [5, 5.41) is 4.98. The van der Waals surface area contributed by atoms with Gasteiger partial charge < -0.3 is 9.47 Å². The average molecular weight is 917 g/mol. The molecule has 12 aromatic carbocycles. The zero-order chi connectivity index (χ0) is 47.8. The van der Waals surface area contributed by atoms with E-state index in [0.717, 1.165) is 45.0 Å². The molecule has 0 atom stereocenters. The Morgan fingerprint density at radius 3 is 1.22 bits per heavy atom. The van der Waals surface area contributed by atoms with Gasteiger partial charge in [0.05, 0.1) is 11.0 Å². The van der Waals surface area contributed by atoms with Crippen LogP contribution in [-0.2, 0) is 0 Å². The molecule has 0 unspecified atom stereocenters. The quantitative estimate of drug-likeness (QED) is 0.133. The number of para-hydroxylation sites is 1. The molecule has 2 heteroatoms. The number of nitrogens with zero attached hydrogens (tertiary/aromatic N) is 2. The molecular weight excluding hydrogens is 869 g/mol. The van der Waals surface area contributed by atoms with E-state index < -0.39 is 0 Å². The third kappa shape index (κ3) is 7.92. The fraction of sp³-hybridized carbons (Fsp3) is 0. The Bertz CT molecular complexity index is 3930. The molecule has 13 aromatic rings. The molecule has 2 nitrogen and oxygen atoms in total. The van der Waals surface area contributed by atoms with Gasteiger partial charge in [-0.3, -0.25) is 0 Å². The van der Waals surface area contributed by atoms with Crippen LogP contribution in [0.4, 0.5) is 17.1 Å². The largest absolute Gasteiger partial charge is 0.310 e. The SMILES string of the molecule is c1ccc(-c2cc(-c3ccccc3)cc(-c3ccc(N(c4cc(-c5ccccc5)cc(-c5ccccc5)c4)c4cccc(-c5cccc6c5c5c7ccccc7ccc5n6-c5ccccc5)c4)cc3)c2)cc1. The van der Waals surface area contributed by atoms with Crippen LogP contribution in [0.25, 0.3) is 105 Å². The summed E-state index contributed by atoms with van der Waals surface area (Å²) in [6.45, 7) is 0. The highest BCUT2D eigenvalue weighted by Crippen LogP contribution is 2.45. The first-order valence-corrected chi connectivity index (χ1v) is 24.7. The minimum atomic E-state index is 1.06. The summed E-state index contributed by atoms with van der Waals surface area (Å²) in [4.78, 5) is 2.44. The van der Waals surface area contributed by atoms with E-state index in [-0.39, 0.29) is 0 Å². The number of anilines is 3. The minimum Gasteiger partial charge on any atom is -0.310 e. The van der Waals surface area contributed by atoms with Gasteiger partial charge in [-0.05, 0) is 162 Å². The number of hydrogen-bond acceptors (Lipinski definition) is 1. The van der Waals surface area contributed by atoms with Crippen molar-refractivity contribution in [2.24, 2.45) is 0 Å². The Hall–Kier alpha value is -9.50. The molecule has 72 heavy (non-hydrogen) atoms. The second kappa shape index (κ2) is 18.4. The van der Waals surface area contributed by atoms with Crippen LogP contribution in [0.2, 0.25) is 0 Å². The van der Waals surface area contributed by atoms with Crippen molar-refractivity contribution >= 4 is 49.6 Å². The summed E-state index contributed by atoms with van der Waals surface area (Å²) in [5.74, 6) is 0. The molecule has 0 radical (unpaired) electrons. The predicted molar refractivity (Wildman–Crippen MR) is 306 cm³/mol. The highest BCUT2D eigenvalue weighted by atomic mass is 15.1. The van der Waals surface area contributed by atoms with E-state index in [9.17, 15) is 0 Å². The molecule has 0 bridgehead atoms. The van der Waals surface area contributed by atoms with Crippen molar-refractivity contribution in [2.45, 2.75) is 0 Å². The van der Waals surface area contributed by atoms with Crippen LogP contribution in [0.5, 0.6) is 0 Å². The smallest absolute Gasteiger partial charge is 0.0547 e. The maximum atomic E-state index is 2.44. The van der Waals surface area contributed by atoms with Gasteiger partial charge in [-0.1, -0.05) is 206 Å². The van der Waals surface area contributed by atoms with Gasteiger partial charge >= 0.3 is 0 Å². The number of hydrogen-bond donors (Lipinski definition) is 0. The second-order valence-electron chi connectivity index (χ2n) is 18.5. The molecule has 338 valence electrons. The van der Waals surface area contributed by atoms with Crippen LogP contribution in [0.3, 0.4) is 0 Å². The zero-order valence-corrected chi connectivity index (χ0v) is 39.6. The molecule has 0 saturated heterocycles. The Labute approximate surface area is 420 Å². The highest BCUT2D eigenvalue weighted by molar-refractivity contribution is 6.25. The van der Waals surface area contributed by atoms with Crippen LogP contribution >= 0.6 is 0 Å². The topological polar surface area (TPSA) is 8.17 Å². The minimum absolute atomic E-state index is 1.06. The van der Waals surface area contributed by atoms with Crippen LogP contribution in [0.1, 0.15) is 0 Å². The van der Waals surface area contributed by atoms with E-state index >= 15 is 0 Å². The monoisotopic (exact) mass is 916 g/mol. The fourth-order valence-electron chi connectivity index (χ4n) is 10.7. The summed E-state index contributed by atoms with van der Waals surface area (Å²) >= 11 is 0. The first-order valence-electron chi connectivity index (χ1n) is 24.7. The number of fused-ring (bicyclic) bond motifs is 5. The molecule has 13 rings (SSSR count). The molecule has 1 heterocycles. The molecule has 0 aliphatic heterocycles. The molecule has 0 aliphatic rings. The Morgan fingerprint density at radius 1 is 0.236 bits per heavy atom. The molecule has 1 aromatic heterocycles. The average Bonchev–Trinajstić information content (AvgIpc) is 3.82. The van der Waals surface area contributed by atoms with Crippen molar-refractivity contribution in [1.82, 2.24) is 4.57 Å². The maximum absolute atomic E-state index is 2.44. The van der Waals surface area contributed by atoms with Crippen molar-refractivity contribution in [3.05, 3.63) is 291 Å². The summed E-state index contributed by atoms with van der Waals surface area (Å²) in [7, 11) is 0. The summed E-state index contributed by atoms with van der Waals surface area (Å²) in [5.41, 5.74) is 20.8. The van der Waals surface area contributed by atoms with E-state index in [1.807, 2.05) is 0 Å². The molecule has 0 spiro atoms. The van der Waals surface area contributed by atoms with Gasteiger partial charge in [0.15, 0.2) is 0 Å². The van der Waals surface area contributed by atoms with Gasteiger partial charge in [0.25, 0.3) is 0 Å². The molecule has 0 amide bonds.